The second-order valence-corrected chi connectivity index (χ2v) is 9.95. The first-order valence-corrected chi connectivity index (χ1v) is 11.3. The van der Waals surface area contributed by atoms with Crippen LogP contribution >= 0.6 is 0 Å². The van der Waals surface area contributed by atoms with E-state index >= 15 is 0 Å². The van der Waals surface area contributed by atoms with Crippen molar-refractivity contribution in [2.75, 3.05) is 5.32 Å². The molecule has 2 aromatic carbocycles. The SMILES string of the molecule is O=C(Nc1ccccc1C(F)(F)F)N1[C@@H]2CC[C@@H]1CC(S(=O)(=O)c1ccccc1)C2. The maximum Gasteiger partial charge on any atom is 0.418 e. The van der Waals surface area contributed by atoms with Gasteiger partial charge in [0.25, 0.3) is 0 Å². The van der Waals surface area contributed by atoms with E-state index in [1.807, 2.05) is 0 Å². The highest BCUT2D eigenvalue weighted by molar-refractivity contribution is 7.92. The maximum absolute atomic E-state index is 13.2. The van der Waals surface area contributed by atoms with Gasteiger partial charge in [0, 0.05) is 12.1 Å². The average molecular weight is 438 g/mol. The van der Waals surface area contributed by atoms with Crippen LogP contribution in [0.1, 0.15) is 31.2 Å². The van der Waals surface area contributed by atoms with E-state index in [4.69, 9.17) is 0 Å². The summed E-state index contributed by atoms with van der Waals surface area (Å²) in [5.74, 6) is 0. The molecule has 0 radical (unpaired) electrons. The van der Waals surface area contributed by atoms with Gasteiger partial charge in [-0.25, -0.2) is 13.2 Å². The number of alkyl halides is 3. The van der Waals surface area contributed by atoms with Gasteiger partial charge in [-0.2, -0.15) is 13.2 Å². The Morgan fingerprint density at radius 1 is 0.933 bits per heavy atom. The summed E-state index contributed by atoms with van der Waals surface area (Å²) < 4.78 is 65.6. The van der Waals surface area contributed by atoms with E-state index in [9.17, 15) is 26.4 Å². The highest BCUT2D eigenvalue weighted by Crippen LogP contribution is 2.41. The molecule has 0 aromatic heterocycles. The van der Waals surface area contributed by atoms with E-state index < -0.39 is 32.9 Å². The lowest BCUT2D eigenvalue weighted by molar-refractivity contribution is -0.136. The number of urea groups is 1. The van der Waals surface area contributed by atoms with Crippen molar-refractivity contribution in [3.63, 3.8) is 0 Å². The third-order valence-electron chi connectivity index (χ3n) is 5.91. The van der Waals surface area contributed by atoms with Crippen LogP contribution in [0.4, 0.5) is 23.7 Å². The summed E-state index contributed by atoms with van der Waals surface area (Å²) in [6, 6.07) is 11.8. The van der Waals surface area contributed by atoms with Crippen molar-refractivity contribution < 1.29 is 26.4 Å². The van der Waals surface area contributed by atoms with Crippen LogP contribution in [0.15, 0.2) is 59.5 Å². The van der Waals surface area contributed by atoms with Crippen molar-refractivity contribution in [3.05, 3.63) is 60.2 Å². The van der Waals surface area contributed by atoms with Gasteiger partial charge in [-0.05, 0) is 49.9 Å². The number of piperidine rings is 1. The maximum atomic E-state index is 13.2. The van der Waals surface area contributed by atoms with E-state index in [0.29, 0.717) is 12.8 Å². The summed E-state index contributed by atoms with van der Waals surface area (Å²) in [7, 11) is -3.53. The minimum absolute atomic E-state index is 0.256. The molecule has 2 bridgehead atoms. The molecule has 0 unspecified atom stereocenters. The Labute approximate surface area is 172 Å². The highest BCUT2D eigenvalue weighted by Gasteiger charge is 2.47. The average Bonchev–Trinajstić information content (AvgIpc) is 2.97. The van der Waals surface area contributed by atoms with Gasteiger partial charge < -0.3 is 10.2 Å². The first-order chi connectivity index (χ1) is 14.2. The van der Waals surface area contributed by atoms with Crippen LogP contribution in [0.5, 0.6) is 0 Å². The molecule has 2 fully saturated rings. The van der Waals surface area contributed by atoms with Crippen LogP contribution in [0.25, 0.3) is 0 Å². The van der Waals surface area contributed by atoms with Crippen LogP contribution in [0.3, 0.4) is 0 Å². The third kappa shape index (κ3) is 3.78. The molecule has 5 nitrogen and oxygen atoms in total. The van der Waals surface area contributed by atoms with Crippen LogP contribution in [0, 0.1) is 0 Å². The fraction of sp³-hybridized carbons (Fsp3) is 0.381. The van der Waals surface area contributed by atoms with E-state index in [2.05, 4.69) is 5.32 Å². The number of anilines is 1. The number of fused-ring (bicyclic) bond motifs is 2. The second kappa shape index (κ2) is 7.61. The minimum Gasteiger partial charge on any atom is -0.318 e. The van der Waals surface area contributed by atoms with Gasteiger partial charge in [0.05, 0.1) is 21.4 Å². The Bertz CT molecular complexity index is 1030. The number of hydrogen-bond donors (Lipinski definition) is 1. The topological polar surface area (TPSA) is 66.5 Å². The Kier molecular flexibility index (Phi) is 5.25. The van der Waals surface area contributed by atoms with Crippen LogP contribution in [-0.2, 0) is 16.0 Å². The van der Waals surface area contributed by atoms with Crippen LogP contribution in [-0.4, -0.2) is 36.7 Å². The number of rotatable bonds is 3. The van der Waals surface area contributed by atoms with Crippen molar-refractivity contribution in [1.82, 2.24) is 4.90 Å². The predicted octanol–water partition coefficient (Wildman–Crippen LogP) is 4.71. The first kappa shape index (κ1) is 20.7. The predicted molar refractivity (Wildman–Crippen MR) is 106 cm³/mol. The summed E-state index contributed by atoms with van der Waals surface area (Å²) in [6.07, 6.45) is -2.75. The minimum atomic E-state index is -4.58. The molecule has 2 atom stereocenters. The molecule has 2 aromatic rings. The molecule has 160 valence electrons. The lowest BCUT2D eigenvalue weighted by Crippen LogP contribution is -2.51. The monoisotopic (exact) mass is 438 g/mol. The number of hydrogen-bond acceptors (Lipinski definition) is 3. The summed E-state index contributed by atoms with van der Waals surface area (Å²) in [4.78, 5) is 14.6. The number of sulfone groups is 1. The molecule has 2 aliphatic heterocycles. The summed E-state index contributed by atoms with van der Waals surface area (Å²) >= 11 is 0. The van der Waals surface area contributed by atoms with E-state index in [0.717, 1.165) is 6.07 Å². The van der Waals surface area contributed by atoms with Gasteiger partial charge in [0.2, 0.25) is 0 Å². The Morgan fingerprint density at radius 3 is 2.10 bits per heavy atom. The molecular weight excluding hydrogens is 417 g/mol. The molecule has 0 spiro atoms. The smallest absolute Gasteiger partial charge is 0.318 e. The number of amides is 2. The second-order valence-electron chi connectivity index (χ2n) is 7.72. The van der Waals surface area contributed by atoms with Gasteiger partial charge in [-0.15, -0.1) is 0 Å². The number of nitrogens with zero attached hydrogens (tertiary/aromatic N) is 1. The zero-order valence-corrected chi connectivity index (χ0v) is 16.8. The molecule has 1 N–H and O–H groups in total. The Morgan fingerprint density at radius 2 is 1.50 bits per heavy atom. The largest absolute Gasteiger partial charge is 0.418 e. The van der Waals surface area contributed by atoms with Crippen LogP contribution in [0.2, 0.25) is 0 Å². The fourth-order valence-corrected chi connectivity index (χ4v) is 6.41. The number of benzene rings is 2. The molecule has 2 aliphatic rings. The van der Waals surface area contributed by atoms with E-state index in [1.165, 1.54) is 23.1 Å². The number of carbonyl (C=O) groups is 1. The molecule has 2 heterocycles. The van der Waals surface area contributed by atoms with Crippen molar-refractivity contribution in [2.24, 2.45) is 0 Å². The van der Waals surface area contributed by atoms with Crippen molar-refractivity contribution in [1.29, 1.82) is 0 Å². The molecule has 2 amide bonds. The zero-order valence-electron chi connectivity index (χ0n) is 16.0. The van der Waals surface area contributed by atoms with Gasteiger partial charge in [0.1, 0.15) is 0 Å². The van der Waals surface area contributed by atoms with E-state index in [-0.39, 0.29) is 35.5 Å². The normalized spacial score (nSPS) is 24.0. The summed E-state index contributed by atoms with van der Waals surface area (Å²) in [6.45, 7) is 0. The number of carbonyl (C=O) groups excluding carboxylic acids is 1. The molecule has 30 heavy (non-hydrogen) atoms. The molecule has 0 aliphatic carbocycles. The molecule has 4 rings (SSSR count). The summed E-state index contributed by atoms with van der Waals surface area (Å²) in [5.41, 5.74) is -1.21. The lowest BCUT2D eigenvalue weighted by Gasteiger charge is -2.38. The molecule has 9 heteroatoms. The van der Waals surface area contributed by atoms with Gasteiger partial charge >= 0.3 is 12.2 Å². The van der Waals surface area contributed by atoms with E-state index in [1.54, 1.807) is 30.3 Å². The number of nitrogens with one attached hydrogen (secondary N) is 1. The van der Waals surface area contributed by atoms with Crippen molar-refractivity contribution in [3.8, 4) is 0 Å². The Balaban J connectivity index is 1.52. The third-order valence-corrected chi connectivity index (χ3v) is 8.10. The number of para-hydroxylation sites is 1. The fourth-order valence-electron chi connectivity index (χ4n) is 4.53. The Hall–Kier alpha value is -2.55. The van der Waals surface area contributed by atoms with Crippen molar-refractivity contribution in [2.45, 2.75) is 54.1 Å². The highest BCUT2D eigenvalue weighted by atomic mass is 32.2. The standard InChI is InChI=1S/C21H21F3N2O3S/c22-21(23,24)18-8-4-5-9-19(18)25-20(27)26-14-10-11-15(26)13-17(12-14)30(28,29)16-6-2-1-3-7-16/h1-9,14-15,17H,10-13H2,(H,25,27)/t14-,15-/m1/s1. The quantitative estimate of drug-likeness (QED) is 0.755. The lowest BCUT2D eigenvalue weighted by atomic mass is 10.0. The van der Waals surface area contributed by atoms with Gasteiger partial charge in [-0.1, -0.05) is 30.3 Å². The van der Waals surface area contributed by atoms with Crippen molar-refractivity contribution >= 4 is 21.6 Å². The molecule has 0 saturated carbocycles. The van der Waals surface area contributed by atoms with Gasteiger partial charge in [0.15, 0.2) is 9.84 Å². The number of halogens is 3. The first-order valence-electron chi connectivity index (χ1n) is 9.72. The summed E-state index contributed by atoms with van der Waals surface area (Å²) in [5, 5.41) is 1.78. The molecule has 2 saturated heterocycles. The molecular formula is C21H21F3N2O3S. The van der Waals surface area contributed by atoms with Gasteiger partial charge in [-0.3, -0.25) is 0 Å². The zero-order chi connectivity index (χ0) is 21.5. The van der Waals surface area contributed by atoms with Crippen LogP contribution < -0.4 is 5.32 Å².